The molecule has 1 aliphatic rings. The molecule has 0 saturated heterocycles. The van der Waals surface area contributed by atoms with Gasteiger partial charge in [0.2, 0.25) is 11.8 Å². The Hall–Kier alpha value is -2.69. The monoisotopic (exact) mass is 410 g/mol. The fourth-order valence-electron chi connectivity index (χ4n) is 3.42. The van der Waals surface area contributed by atoms with Gasteiger partial charge >= 0.3 is 0 Å². The van der Waals surface area contributed by atoms with Gasteiger partial charge in [0.15, 0.2) is 0 Å². The molecule has 0 bridgehead atoms. The molecule has 6 nitrogen and oxygen atoms in total. The summed E-state index contributed by atoms with van der Waals surface area (Å²) >= 11 is 1.53. The van der Waals surface area contributed by atoms with Crippen LogP contribution in [0.1, 0.15) is 40.8 Å². The van der Waals surface area contributed by atoms with Gasteiger partial charge in [0.1, 0.15) is 11.1 Å². The Kier molecular flexibility index (Phi) is 7.02. The molecule has 0 aliphatic heterocycles. The highest BCUT2D eigenvalue weighted by Crippen LogP contribution is 2.37. The Morgan fingerprint density at radius 3 is 2.59 bits per heavy atom. The number of likely N-dealkylation sites (N-methyl/N-ethyl adjacent to an activating group) is 1. The van der Waals surface area contributed by atoms with E-state index in [2.05, 4.69) is 16.7 Å². The van der Waals surface area contributed by atoms with Crippen molar-refractivity contribution in [3.63, 3.8) is 0 Å². The molecule has 0 unspecified atom stereocenters. The first-order valence-electron chi connectivity index (χ1n) is 9.86. The van der Waals surface area contributed by atoms with E-state index in [0.717, 1.165) is 42.5 Å². The molecule has 1 aliphatic carbocycles. The Morgan fingerprint density at radius 1 is 1.14 bits per heavy atom. The fraction of sp³-hybridized carbons (Fsp3) is 0.409. The van der Waals surface area contributed by atoms with Gasteiger partial charge in [0, 0.05) is 23.5 Å². The average molecular weight is 411 g/mol. The Bertz CT molecular complexity index is 928. The first kappa shape index (κ1) is 21.0. The van der Waals surface area contributed by atoms with Crippen LogP contribution in [0.15, 0.2) is 24.3 Å². The van der Waals surface area contributed by atoms with Crippen LogP contribution in [-0.2, 0) is 22.4 Å². The smallest absolute Gasteiger partial charge is 0.238 e. The van der Waals surface area contributed by atoms with Gasteiger partial charge in [-0.2, -0.15) is 5.26 Å². The standard InChI is InChI=1S/C22H26N4O2S/c1-15-7-9-16(10-8-15)24-21(28)14-26(2)12-11-20(27)25-22-18(13-23)17-5-3-4-6-19(17)29-22/h7-10H,3-6,11-12,14H2,1-2H3,(H,24,28)(H,25,27). The summed E-state index contributed by atoms with van der Waals surface area (Å²) in [4.78, 5) is 27.6. The van der Waals surface area contributed by atoms with Crippen molar-refractivity contribution in [2.24, 2.45) is 0 Å². The van der Waals surface area contributed by atoms with E-state index in [9.17, 15) is 14.9 Å². The lowest BCUT2D eigenvalue weighted by atomic mass is 9.96. The number of rotatable bonds is 7. The lowest BCUT2D eigenvalue weighted by Gasteiger charge is -2.16. The molecule has 7 heteroatoms. The molecular formula is C22H26N4O2S. The van der Waals surface area contributed by atoms with Gasteiger partial charge in [-0.3, -0.25) is 14.5 Å². The number of nitrogens with zero attached hydrogens (tertiary/aromatic N) is 2. The van der Waals surface area contributed by atoms with Crippen molar-refractivity contribution in [1.29, 1.82) is 5.26 Å². The largest absolute Gasteiger partial charge is 0.325 e. The topological polar surface area (TPSA) is 85.2 Å². The number of thiophene rings is 1. The molecule has 2 aromatic rings. The van der Waals surface area contributed by atoms with E-state index in [1.165, 1.54) is 16.2 Å². The average Bonchev–Trinajstić information content (AvgIpc) is 3.05. The summed E-state index contributed by atoms with van der Waals surface area (Å²) in [7, 11) is 1.81. The van der Waals surface area contributed by atoms with Gasteiger partial charge in [0.25, 0.3) is 0 Å². The van der Waals surface area contributed by atoms with E-state index >= 15 is 0 Å². The molecule has 3 rings (SSSR count). The lowest BCUT2D eigenvalue weighted by Crippen LogP contribution is -2.32. The second-order valence-electron chi connectivity index (χ2n) is 7.48. The van der Waals surface area contributed by atoms with Crippen LogP contribution in [-0.4, -0.2) is 36.9 Å². The number of carbonyl (C=O) groups is 2. The minimum absolute atomic E-state index is 0.116. The molecule has 1 aromatic heterocycles. The summed E-state index contributed by atoms with van der Waals surface area (Å²) in [5, 5.41) is 15.9. The van der Waals surface area contributed by atoms with E-state index in [1.54, 1.807) is 0 Å². The van der Waals surface area contributed by atoms with Crippen molar-refractivity contribution in [3.8, 4) is 6.07 Å². The number of hydrogen-bond donors (Lipinski definition) is 2. The highest BCUT2D eigenvalue weighted by atomic mass is 32.1. The summed E-state index contributed by atoms with van der Waals surface area (Å²) in [6, 6.07) is 9.89. The molecule has 0 atom stereocenters. The van der Waals surface area contributed by atoms with Crippen molar-refractivity contribution in [1.82, 2.24) is 4.90 Å². The number of benzene rings is 1. The molecule has 152 valence electrons. The Labute approximate surface area is 175 Å². The summed E-state index contributed by atoms with van der Waals surface area (Å²) in [6.45, 7) is 2.66. The zero-order valence-corrected chi connectivity index (χ0v) is 17.7. The second-order valence-corrected chi connectivity index (χ2v) is 8.58. The molecule has 0 fully saturated rings. The molecule has 2 amide bonds. The summed E-state index contributed by atoms with van der Waals surface area (Å²) in [5.74, 6) is -0.250. The Morgan fingerprint density at radius 2 is 1.86 bits per heavy atom. The SMILES string of the molecule is Cc1ccc(NC(=O)CN(C)CCC(=O)Nc2sc3c(c2C#N)CCCC3)cc1. The third-order valence-electron chi connectivity index (χ3n) is 5.01. The van der Waals surface area contributed by atoms with Crippen LogP contribution in [0.25, 0.3) is 0 Å². The number of fused-ring (bicyclic) bond motifs is 1. The van der Waals surface area contributed by atoms with Crippen LogP contribution in [0, 0.1) is 18.3 Å². The number of nitrogens with one attached hydrogen (secondary N) is 2. The number of aryl methyl sites for hydroxylation is 2. The maximum Gasteiger partial charge on any atom is 0.238 e. The van der Waals surface area contributed by atoms with Crippen molar-refractivity contribution in [2.45, 2.75) is 39.0 Å². The third-order valence-corrected chi connectivity index (χ3v) is 6.21. The van der Waals surface area contributed by atoms with Crippen LogP contribution in [0.2, 0.25) is 0 Å². The molecule has 0 saturated carbocycles. The maximum absolute atomic E-state index is 12.4. The number of anilines is 2. The van der Waals surface area contributed by atoms with Crippen molar-refractivity contribution >= 4 is 33.8 Å². The number of carbonyl (C=O) groups excluding carboxylic acids is 2. The van der Waals surface area contributed by atoms with E-state index < -0.39 is 0 Å². The Balaban J connectivity index is 1.47. The van der Waals surface area contributed by atoms with E-state index in [-0.39, 0.29) is 24.8 Å². The summed E-state index contributed by atoms with van der Waals surface area (Å²) in [5.41, 5.74) is 3.64. The third kappa shape index (κ3) is 5.66. The van der Waals surface area contributed by atoms with Gasteiger partial charge < -0.3 is 10.6 Å². The molecule has 2 N–H and O–H groups in total. The molecule has 0 spiro atoms. The normalized spacial score (nSPS) is 12.9. The van der Waals surface area contributed by atoms with Crippen molar-refractivity contribution in [2.75, 3.05) is 30.8 Å². The summed E-state index contributed by atoms with van der Waals surface area (Å²) in [6.07, 6.45) is 4.41. The first-order chi connectivity index (χ1) is 14.0. The van der Waals surface area contributed by atoms with Crippen molar-refractivity contribution in [3.05, 3.63) is 45.8 Å². The lowest BCUT2D eigenvalue weighted by molar-refractivity contribution is -0.119. The highest BCUT2D eigenvalue weighted by molar-refractivity contribution is 7.16. The van der Waals surface area contributed by atoms with Crippen molar-refractivity contribution < 1.29 is 9.59 Å². The number of nitriles is 1. The predicted octanol–water partition coefficient (Wildman–Crippen LogP) is 3.71. The van der Waals surface area contributed by atoms with E-state index in [0.29, 0.717) is 17.1 Å². The van der Waals surface area contributed by atoms with Gasteiger partial charge in [-0.25, -0.2) is 0 Å². The maximum atomic E-state index is 12.4. The molecule has 29 heavy (non-hydrogen) atoms. The zero-order chi connectivity index (χ0) is 20.8. The van der Waals surface area contributed by atoms with Crippen LogP contribution < -0.4 is 10.6 Å². The van der Waals surface area contributed by atoms with Gasteiger partial charge in [0.05, 0.1) is 12.1 Å². The molecular weight excluding hydrogens is 384 g/mol. The minimum atomic E-state index is -0.133. The number of amides is 2. The van der Waals surface area contributed by atoms with E-state index in [4.69, 9.17) is 0 Å². The van der Waals surface area contributed by atoms with Gasteiger partial charge in [-0.1, -0.05) is 17.7 Å². The predicted molar refractivity (Wildman–Crippen MR) is 116 cm³/mol. The van der Waals surface area contributed by atoms with Gasteiger partial charge in [-0.05, 0) is 57.4 Å². The van der Waals surface area contributed by atoms with Crippen LogP contribution in [0.5, 0.6) is 0 Å². The van der Waals surface area contributed by atoms with Crippen LogP contribution in [0.3, 0.4) is 0 Å². The number of hydrogen-bond acceptors (Lipinski definition) is 5. The van der Waals surface area contributed by atoms with Crippen LogP contribution in [0.4, 0.5) is 10.7 Å². The quantitative estimate of drug-likeness (QED) is 0.729. The van der Waals surface area contributed by atoms with Gasteiger partial charge in [-0.15, -0.1) is 11.3 Å². The molecule has 1 aromatic carbocycles. The second kappa shape index (κ2) is 9.68. The molecule has 0 radical (unpaired) electrons. The highest BCUT2D eigenvalue weighted by Gasteiger charge is 2.21. The summed E-state index contributed by atoms with van der Waals surface area (Å²) < 4.78 is 0. The zero-order valence-electron chi connectivity index (χ0n) is 16.9. The first-order valence-corrected chi connectivity index (χ1v) is 10.7. The van der Waals surface area contributed by atoms with E-state index in [1.807, 2.05) is 43.1 Å². The molecule has 1 heterocycles. The fourth-order valence-corrected chi connectivity index (χ4v) is 4.67. The van der Waals surface area contributed by atoms with Crippen LogP contribution >= 0.6 is 11.3 Å². The minimum Gasteiger partial charge on any atom is -0.325 e.